The normalized spacial score (nSPS) is 15.4. The SMILES string of the molecule is Cc1oc2nc(CCn3ccnc3)nc(NC3(C)CC3)c2c1C(N)=O. The summed E-state index contributed by atoms with van der Waals surface area (Å²) in [7, 11) is 0. The molecule has 1 fully saturated rings. The Balaban J connectivity index is 1.76. The van der Waals surface area contributed by atoms with Crippen LogP contribution in [0.1, 0.15) is 41.7 Å². The Bertz CT molecular complexity index is 940. The van der Waals surface area contributed by atoms with Crippen LogP contribution in [0.4, 0.5) is 5.82 Å². The van der Waals surface area contributed by atoms with Crippen LogP contribution in [0.15, 0.2) is 23.1 Å². The number of nitrogens with two attached hydrogens (primary N) is 1. The predicted molar refractivity (Wildman–Crippen MR) is 92.3 cm³/mol. The molecule has 0 unspecified atom stereocenters. The highest BCUT2D eigenvalue weighted by Gasteiger charge is 2.38. The van der Waals surface area contributed by atoms with Crippen LogP contribution in [0.3, 0.4) is 0 Å². The Hall–Kier alpha value is -2.90. The fraction of sp³-hybridized carbons (Fsp3) is 0.412. The molecule has 1 amide bonds. The van der Waals surface area contributed by atoms with Gasteiger partial charge in [0.1, 0.15) is 17.4 Å². The minimum atomic E-state index is -0.532. The van der Waals surface area contributed by atoms with Crippen molar-refractivity contribution < 1.29 is 9.21 Å². The summed E-state index contributed by atoms with van der Waals surface area (Å²) in [6.07, 6.45) is 8.14. The second-order valence-corrected chi connectivity index (χ2v) is 6.80. The van der Waals surface area contributed by atoms with E-state index in [2.05, 4.69) is 27.2 Å². The van der Waals surface area contributed by atoms with Gasteiger partial charge in [-0.25, -0.2) is 9.97 Å². The van der Waals surface area contributed by atoms with Crippen molar-refractivity contribution in [3.8, 4) is 0 Å². The van der Waals surface area contributed by atoms with Gasteiger partial charge in [-0.2, -0.15) is 4.98 Å². The second-order valence-electron chi connectivity index (χ2n) is 6.80. The van der Waals surface area contributed by atoms with Gasteiger partial charge in [0.15, 0.2) is 0 Å². The van der Waals surface area contributed by atoms with Gasteiger partial charge in [-0.05, 0) is 26.7 Å². The van der Waals surface area contributed by atoms with E-state index >= 15 is 0 Å². The van der Waals surface area contributed by atoms with Crippen molar-refractivity contribution in [3.63, 3.8) is 0 Å². The molecule has 8 heteroatoms. The molecule has 0 atom stereocenters. The molecule has 130 valence electrons. The fourth-order valence-electron chi connectivity index (χ4n) is 2.90. The Morgan fingerprint density at radius 3 is 2.88 bits per heavy atom. The summed E-state index contributed by atoms with van der Waals surface area (Å²) in [6.45, 7) is 4.56. The molecule has 3 aromatic rings. The molecule has 3 aromatic heterocycles. The number of hydrogen-bond acceptors (Lipinski definition) is 6. The third-order valence-electron chi connectivity index (χ3n) is 4.59. The van der Waals surface area contributed by atoms with Crippen molar-refractivity contribution in [2.24, 2.45) is 5.73 Å². The van der Waals surface area contributed by atoms with Crippen LogP contribution in [0.2, 0.25) is 0 Å². The summed E-state index contributed by atoms with van der Waals surface area (Å²) in [5.74, 6) is 1.21. The second kappa shape index (κ2) is 5.58. The van der Waals surface area contributed by atoms with Crippen molar-refractivity contribution in [3.05, 3.63) is 35.9 Å². The van der Waals surface area contributed by atoms with Crippen LogP contribution >= 0.6 is 0 Å². The Kier molecular flexibility index (Phi) is 3.48. The average molecular weight is 340 g/mol. The van der Waals surface area contributed by atoms with Crippen LogP contribution in [0.25, 0.3) is 11.1 Å². The van der Waals surface area contributed by atoms with Gasteiger partial charge in [0.25, 0.3) is 5.91 Å². The maximum absolute atomic E-state index is 11.9. The molecule has 1 aliphatic rings. The number of carbonyl (C=O) groups is 1. The van der Waals surface area contributed by atoms with Gasteiger partial charge in [-0.15, -0.1) is 0 Å². The van der Waals surface area contributed by atoms with E-state index in [0.717, 1.165) is 12.8 Å². The Labute approximate surface area is 144 Å². The summed E-state index contributed by atoms with van der Waals surface area (Å²) in [6, 6.07) is 0. The van der Waals surface area contributed by atoms with Crippen molar-refractivity contribution in [2.75, 3.05) is 5.32 Å². The third kappa shape index (κ3) is 2.95. The molecule has 0 radical (unpaired) electrons. The number of aryl methyl sites for hydroxylation is 3. The van der Waals surface area contributed by atoms with Crippen molar-refractivity contribution in [1.29, 1.82) is 0 Å². The monoisotopic (exact) mass is 340 g/mol. The molecule has 1 aliphatic carbocycles. The molecule has 8 nitrogen and oxygen atoms in total. The lowest BCUT2D eigenvalue weighted by Gasteiger charge is -2.14. The summed E-state index contributed by atoms with van der Waals surface area (Å²) < 4.78 is 7.67. The molecular weight excluding hydrogens is 320 g/mol. The lowest BCUT2D eigenvalue weighted by Crippen LogP contribution is -2.19. The molecule has 0 saturated heterocycles. The van der Waals surface area contributed by atoms with Gasteiger partial charge in [0, 0.05) is 30.9 Å². The number of nitrogens with one attached hydrogen (secondary N) is 1. The zero-order valence-corrected chi connectivity index (χ0v) is 14.2. The van der Waals surface area contributed by atoms with Gasteiger partial charge < -0.3 is 20.0 Å². The Morgan fingerprint density at radius 1 is 1.44 bits per heavy atom. The lowest BCUT2D eigenvalue weighted by atomic mass is 10.1. The number of anilines is 1. The smallest absolute Gasteiger partial charge is 0.253 e. The number of nitrogens with zero attached hydrogens (tertiary/aromatic N) is 4. The summed E-state index contributed by atoms with van der Waals surface area (Å²) in [5.41, 5.74) is 6.29. The van der Waals surface area contributed by atoms with Gasteiger partial charge in [-0.1, -0.05) is 0 Å². The van der Waals surface area contributed by atoms with Gasteiger partial charge in [0.05, 0.1) is 17.3 Å². The number of fused-ring (bicyclic) bond motifs is 1. The van der Waals surface area contributed by atoms with Crippen LogP contribution in [-0.2, 0) is 13.0 Å². The first-order valence-electron chi connectivity index (χ1n) is 8.29. The first kappa shape index (κ1) is 15.6. The summed E-state index contributed by atoms with van der Waals surface area (Å²) in [5, 5.41) is 4.01. The van der Waals surface area contributed by atoms with Gasteiger partial charge in [0.2, 0.25) is 5.71 Å². The van der Waals surface area contributed by atoms with Crippen LogP contribution in [-0.4, -0.2) is 31.0 Å². The van der Waals surface area contributed by atoms with Crippen molar-refractivity contribution >= 4 is 22.8 Å². The van der Waals surface area contributed by atoms with E-state index in [0.29, 0.717) is 47.0 Å². The standard InChI is InChI=1S/C17H20N6O2/c1-10-12(14(18)24)13-15(22-17(2)4-5-17)20-11(21-16(13)25-10)3-7-23-8-6-19-9-23/h6,8-9H,3-5,7H2,1-2H3,(H2,18,24)(H,20,21,22). The van der Waals surface area contributed by atoms with E-state index in [4.69, 9.17) is 10.2 Å². The molecule has 25 heavy (non-hydrogen) atoms. The lowest BCUT2D eigenvalue weighted by molar-refractivity contribution is 0.1000. The fourth-order valence-corrected chi connectivity index (χ4v) is 2.90. The van der Waals surface area contributed by atoms with Crippen LogP contribution in [0, 0.1) is 6.92 Å². The minimum absolute atomic E-state index is 0.00297. The first-order valence-corrected chi connectivity index (χ1v) is 8.29. The number of carbonyl (C=O) groups excluding carboxylic acids is 1. The molecule has 4 rings (SSSR count). The molecule has 0 aliphatic heterocycles. The van der Waals surface area contributed by atoms with Crippen molar-refractivity contribution in [2.45, 2.75) is 45.2 Å². The highest BCUT2D eigenvalue weighted by atomic mass is 16.3. The van der Waals surface area contributed by atoms with Crippen molar-refractivity contribution in [1.82, 2.24) is 19.5 Å². The average Bonchev–Trinajstić information content (AvgIpc) is 2.98. The third-order valence-corrected chi connectivity index (χ3v) is 4.59. The van der Waals surface area contributed by atoms with E-state index in [1.807, 2.05) is 10.8 Å². The minimum Gasteiger partial charge on any atom is -0.442 e. The van der Waals surface area contributed by atoms with E-state index in [9.17, 15) is 4.79 Å². The molecular formula is C17H20N6O2. The van der Waals surface area contributed by atoms with Crippen LogP contribution < -0.4 is 11.1 Å². The largest absolute Gasteiger partial charge is 0.442 e. The summed E-state index contributed by atoms with van der Waals surface area (Å²) in [4.78, 5) is 25.0. The highest BCUT2D eigenvalue weighted by molar-refractivity contribution is 6.09. The quantitative estimate of drug-likeness (QED) is 0.710. The molecule has 0 aromatic carbocycles. The first-order chi connectivity index (χ1) is 12.0. The zero-order chi connectivity index (χ0) is 17.6. The van der Waals surface area contributed by atoms with E-state index in [1.165, 1.54) is 0 Å². The molecule has 0 bridgehead atoms. The number of hydrogen-bond donors (Lipinski definition) is 2. The Morgan fingerprint density at radius 2 is 2.24 bits per heavy atom. The van der Waals surface area contributed by atoms with E-state index < -0.39 is 5.91 Å². The van der Waals surface area contributed by atoms with Gasteiger partial charge >= 0.3 is 0 Å². The molecule has 3 heterocycles. The molecule has 0 spiro atoms. The number of aromatic nitrogens is 4. The molecule has 1 saturated carbocycles. The summed E-state index contributed by atoms with van der Waals surface area (Å²) >= 11 is 0. The van der Waals surface area contributed by atoms with Gasteiger partial charge in [-0.3, -0.25) is 4.79 Å². The topological polar surface area (TPSA) is 112 Å². The number of primary amides is 1. The highest BCUT2D eigenvalue weighted by Crippen LogP contribution is 2.40. The number of rotatable bonds is 6. The zero-order valence-electron chi connectivity index (χ0n) is 14.2. The van der Waals surface area contributed by atoms with Crippen LogP contribution in [0.5, 0.6) is 0 Å². The number of amides is 1. The van der Waals surface area contributed by atoms with E-state index in [-0.39, 0.29) is 5.54 Å². The maximum atomic E-state index is 11.9. The van der Waals surface area contributed by atoms with E-state index in [1.54, 1.807) is 19.4 Å². The predicted octanol–water partition coefficient (Wildman–Crippen LogP) is 2.03. The maximum Gasteiger partial charge on any atom is 0.253 e. The number of imidazole rings is 1. The number of furan rings is 1. The molecule has 3 N–H and O–H groups in total.